The zero-order valence-corrected chi connectivity index (χ0v) is 20.3. The lowest BCUT2D eigenvalue weighted by Crippen LogP contribution is -2.42. The standard InChI is InChI=1S/C25H34N4O5/c1-5-8-19(20-15-27-25(26)28-16(20)4)17-9-11-18(12-10-17)23(31)29-21(24(32)34-7-3)13-14-22(30)33-6-2/h9-12,15,19,21H,5-8,13-14H2,1-4H3,(H,29,31)(H2,26,27,28)/t19?,21-/m0/s1. The number of carbonyl (C=O) groups excluding carboxylic acids is 3. The normalized spacial score (nSPS) is 12.5. The maximum Gasteiger partial charge on any atom is 0.328 e. The molecule has 1 unspecified atom stereocenters. The highest BCUT2D eigenvalue weighted by Gasteiger charge is 2.24. The molecule has 184 valence electrons. The van der Waals surface area contributed by atoms with Gasteiger partial charge in [0.05, 0.1) is 13.2 Å². The van der Waals surface area contributed by atoms with Gasteiger partial charge >= 0.3 is 11.9 Å². The first kappa shape index (κ1) is 26.8. The third-order valence-corrected chi connectivity index (χ3v) is 5.38. The van der Waals surface area contributed by atoms with Gasteiger partial charge in [-0.25, -0.2) is 14.8 Å². The molecule has 0 aliphatic rings. The fraction of sp³-hybridized carbons (Fsp3) is 0.480. The predicted octanol–water partition coefficient (Wildman–Crippen LogP) is 3.30. The van der Waals surface area contributed by atoms with Gasteiger partial charge in [-0.1, -0.05) is 25.5 Å². The van der Waals surface area contributed by atoms with E-state index in [2.05, 4.69) is 22.2 Å². The van der Waals surface area contributed by atoms with Crippen LogP contribution in [0.2, 0.25) is 0 Å². The maximum atomic E-state index is 12.8. The van der Waals surface area contributed by atoms with E-state index in [1.165, 1.54) is 0 Å². The van der Waals surface area contributed by atoms with Gasteiger partial charge in [0.25, 0.3) is 5.91 Å². The van der Waals surface area contributed by atoms with E-state index < -0.39 is 23.9 Å². The van der Waals surface area contributed by atoms with Gasteiger partial charge in [0.1, 0.15) is 6.04 Å². The van der Waals surface area contributed by atoms with Crippen molar-refractivity contribution in [2.75, 3.05) is 18.9 Å². The van der Waals surface area contributed by atoms with Gasteiger partial charge in [0.15, 0.2) is 0 Å². The van der Waals surface area contributed by atoms with Crippen molar-refractivity contribution >= 4 is 23.8 Å². The number of amides is 1. The van der Waals surface area contributed by atoms with Crippen molar-refractivity contribution < 1.29 is 23.9 Å². The Morgan fingerprint density at radius 2 is 1.71 bits per heavy atom. The zero-order chi connectivity index (χ0) is 25.1. The molecule has 1 aromatic carbocycles. The third-order valence-electron chi connectivity index (χ3n) is 5.38. The van der Waals surface area contributed by atoms with Crippen LogP contribution >= 0.6 is 0 Å². The lowest BCUT2D eigenvalue weighted by Gasteiger charge is -2.20. The largest absolute Gasteiger partial charge is 0.466 e. The minimum atomic E-state index is -0.945. The Morgan fingerprint density at radius 3 is 2.29 bits per heavy atom. The summed E-state index contributed by atoms with van der Waals surface area (Å²) in [6.07, 6.45) is 3.69. The predicted molar refractivity (Wildman–Crippen MR) is 128 cm³/mol. The van der Waals surface area contributed by atoms with E-state index in [4.69, 9.17) is 15.2 Å². The minimum Gasteiger partial charge on any atom is -0.466 e. The number of ether oxygens (including phenoxy) is 2. The molecule has 0 saturated heterocycles. The van der Waals surface area contributed by atoms with Crippen LogP contribution in [0.1, 0.15) is 79.6 Å². The van der Waals surface area contributed by atoms with Crippen LogP contribution in [0.4, 0.5) is 5.95 Å². The zero-order valence-electron chi connectivity index (χ0n) is 20.3. The molecule has 0 spiro atoms. The molecular weight excluding hydrogens is 436 g/mol. The number of hydrogen-bond donors (Lipinski definition) is 2. The van der Waals surface area contributed by atoms with Crippen molar-refractivity contribution in [1.82, 2.24) is 15.3 Å². The summed E-state index contributed by atoms with van der Waals surface area (Å²) in [6.45, 7) is 7.83. The Morgan fingerprint density at radius 1 is 1.03 bits per heavy atom. The van der Waals surface area contributed by atoms with Crippen molar-refractivity contribution in [1.29, 1.82) is 0 Å². The molecule has 0 bridgehead atoms. The van der Waals surface area contributed by atoms with Crippen LogP contribution in [0.15, 0.2) is 30.5 Å². The Balaban J connectivity index is 2.17. The van der Waals surface area contributed by atoms with Gasteiger partial charge in [-0.05, 0) is 56.9 Å². The summed E-state index contributed by atoms with van der Waals surface area (Å²) >= 11 is 0. The Bertz CT molecular complexity index is 978. The summed E-state index contributed by atoms with van der Waals surface area (Å²) in [6, 6.07) is 6.27. The molecule has 3 N–H and O–H groups in total. The molecule has 2 atom stereocenters. The number of anilines is 1. The molecule has 2 rings (SSSR count). The van der Waals surface area contributed by atoms with Gasteiger partial charge in [0, 0.05) is 29.8 Å². The van der Waals surface area contributed by atoms with E-state index in [-0.39, 0.29) is 37.9 Å². The van der Waals surface area contributed by atoms with E-state index in [1.54, 1.807) is 32.2 Å². The van der Waals surface area contributed by atoms with Gasteiger partial charge < -0.3 is 20.5 Å². The topological polar surface area (TPSA) is 134 Å². The van der Waals surface area contributed by atoms with Crippen molar-refractivity contribution in [3.8, 4) is 0 Å². The first-order chi connectivity index (χ1) is 16.3. The van der Waals surface area contributed by atoms with E-state index >= 15 is 0 Å². The molecule has 0 fully saturated rings. The number of nitrogen functional groups attached to an aromatic ring is 1. The number of rotatable bonds is 12. The molecule has 0 saturated carbocycles. The second kappa shape index (κ2) is 13.3. The highest BCUT2D eigenvalue weighted by atomic mass is 16.5. The second-order valence-electron chi connectivity index (χ2n) is 7.85. The number of esters is 2. The van der Waals surface area contributed by atoms with Crippen LogP contribution in [0.5, 0.6) is 0 Å². The molecule has 9 heteroatoms. The summed E-state index contributed by atoms with van der Waals surface area (Å²) in [7, 11) is 0. The Labute approximate surface area is 200 Å². The van der Waals surface area contributed by atoms with Gasteiger partial charge in [-0.15, -0.1) is 0 Å². The SMILES string of the molecule is CCCC(c1ccc(C(=O)N[C@@H](CCC(=O)OCC)C(=O)OCC)cc1)c1cnc(N)nc1C. The minimum absolute atomic E-state index is 0.00174. The highest BCUT2D eigenvalue weighted by Crippen LogP contribution is 2.30. The van der Waals surface area contributed by atoms with Crippen molar-refractivity contribution in [2.45, 2.75) is 65.3 Å². The highest BCUT2D eigenvalue weighted by molar-refractivity contribution is 5.96. The lowest BCUT2D eigenvalue weighted by atomic mass is 9.87. The quantitative estimate of drug-likeness (QED) is 0.451. The van der Waals surface area contributed by atoms with Crippen LogP contribution in [-0.4, -0.2) is 47.1 Å². The van der Waals surface area contributed by atoms with Crippen LogP contribution < -0.4 is 11.1 Å². The van der Waals surface area contributed by atoms with Crippen LogP contribution in [0.25, 0.3) is 0 Å². The fourth-order valence-electron chi connectivity index (χ4n) is 3.72. The molecular formula is C25H34N4O5. The van der Waals surface area contributed by atoms with E-state index in [0.717, 1.165) is 29.7 Å². The molecule has 0 radical (unpaired) electrons. The van der Waals surface area contributed by atoms with Gasteiger partial charge in [-0.2, -0.15) is 0 Å². The van der Waals surface area contributed by atoms with Crippen LogP contribution in [0.3, 0.4) is 0 Å². The number of aryl methyl sites for hydroxylation is 1. The summed E-state index contributed by atoms with van der Waals surface area (Å²) in [5.74, 6) is -1.13. The molecule has 2 aromatic rings. The number of nitrogens with one attached hydrogen (secondary N) is 1. The second-order valence-corrected chi connectivity index (χ2v) is 7.85. The molecule has 9 nitrogen and oxygen atoms in total. The number of aromatic nitrogens is 2. The van der Waals surface area contributed by atoms with Gasteiger partial charge in [-0.3, -0.25) is 9.59 Å². The average molecular weight is 471 g/mol. The van der Waals surface area contributed by atoms with E-state index in [1.807, 2.05) is 19.1 Å². The van der Waals surface area contributed by atoms with Gasteiger partial charge in [0.2, 0.25) is 5.95 Å². The molecule has 0 aliphatic carbocycles. The monoisotopic (exact) mass is 470 g/mol. The third kappa shape index (κ3) is 7.54. The molecule has 1 aromatic heterocycles. The Hall–Kier alpha value is -3.49. The van der Waals surface area contributed by atoms with Crippen LogP contribution in [0, 0.1) is 6.92 Å². The molecule has 34 heavy (non-hydrogen) atoms. The molecule has 1 heterocycles. The number of hydrogen-bond acceptors (Lipinski definition) is 8. The average Bonchev–Trinajstić information content (AvgIpc) is 2.81. The fourth-order valence-corrected chi connectivity index (χ4v) is 3.72. The summed E-state index contributed by atoms with van der Waals surface area (Å²) in [5, 5.41) is 2.68. The number of nitrogens with zero attached hydrogens (tertiary/aromatic N) is 2. The smallest absolute Gasteiger partial charge is 0.328 e. The molecule has 1 amide bonds. The summed E-state index contributed by atoms with van der Waals surface area (Å²) in [4.78, 5) is 45.3. The van der Waals surface area contributed by atoms with Crippen molar-refractivity contribution in [3.05, 3.63) is 52.8 Å². The maximum absolute atomic E-state index is 12.8. The summed E-state index contributed by atoms with van der Waals surface area (Å²) < 4.78 is 9.96. The van der Waals surface area contributed by atoms with E-state index in [9.17, 15) is 14.4 Å². The summed E-state index contributed by atoms with van der Waals surface area (Å²) in [5.41, 5.74) is 8.95. The van der Waals surface area contributed by atoms with Crippen molar-refractivity contribution in [3.63, 3.8) is 0 Å². The van der Waals surface area contributed by atoms with Crippen molar-refractivity contribution in [2.24, 2.45) is 0 Å². The number of nitrogens with two attached hydrogens (primary N) is 1. The first-order valence-electron chi connectivity index (χ1n) is 11.6. The lowest BCUT2D eigenvalue weighted by molar-refractivity contribution is -0.146. The van der Waals surface area contributed by atoms with E-state index in [0.29, 0.717) is 5.56 Å². The Kier molecular flexibility index (Phi) is 10.4. The van der Waals surface area contributed by atoms with Crippen LogP contribution in [-0.2, 0) is 19.1 Å². The first-order valence-corrected chi connectivity index (χ1v) is 11.6. The number of benzene rings is 1. The molecule has 0 aliphatic heterocycles. The number of carbonyl (C=O) groups is 3.